The van der Waals surface area contributed by atoms with Crippen LogP contribution >= 0.6 is 0 Å². The summed E-state index contributed by atoms with van der Waals surface area (Å²) in [6.07, 6.45) is 1.67. The van der Waals surface area contributed by atoms with Crippen LogP contribution in [-0.2, 0) is 22.5 Å². The highest BCUT2D eigenvalue weighted by Crippen LogP contribution is 2.28. The van der Waals surface area contributed by atoms with E-state index in [-0.39, 0.29) is 5.97 Å². The molecule has 3 nitrogen and oxygen atoms in total. The first kappa shape index (κ1) is 16.0. The van der Waals surface area contributed by atoms with Gasteiger partial charge >= 0.3 is 5.97 Å². The lowest BCUT2D eigenvalue weighted by Gasteiger charge is -2.41. The predicted molar refractivity (Wildman–Crippen MR) is 85.0 cm³/mol. The van der Waals surface area contributed by atoms with Gasteiger partial charge in [0.15, 0.2) is 0 Å². The minimum Gasteiger partial charge on any atom is -0.469 e. The molecule has 0 bridgehead atoms. The Morgan fingerprint density at radius 3 is 2.57 bits per heavy atom. The number of esters is 1. The average Bonchev–Trinajstić information content (AvgIpc) is 2.46. The molecule has 1 aliphatic rings. The monoisotopic (exact) mass is 289 g/mol. The fourth-order valence-electron chi connectivity index (χ4n) is 3.37. The predicted octanol–water partition coefficient (Wildman–Crippen LogP) is 3.27. The number of carbonyl (C=O) groups excluding carboxylic acids is 1. The van der Waals surface area contributed by atoms with E-state index in [1.54, 1.807) is 0 Å². The molecule has 21 heavy (non-hydrogen) atoms. The fourth-order valence-corrected chi connectivity index (χ4v) is 3.37. The molecule has 1 aromatic carbocycles. The lowest BCUT2D eigenvalue weighted by Crippen LogP contribution is -2.45. The van der Waals surface area contributed by atoms with Crippen molar-refractivity contribution in [3.05, 3.63) is 35.4 Å². The molecular weight excluding hydrogens is 262 g/mol. The van der Waals surface area contributed by atoms with Gasteiger partial charge in [-0.1, -0.05) is 38.1 Å². The van der Waals surface area contributed by atoms with Crippen LogP contribution in [0.25, 0.3) is 0 Å². The Hall–Kier alpha value is -1.35. The highest BCUT2D eigenvalue weighted by Gasteiger charge is 2.28. The maximum absolute atomic E-state index is 11.6. The molecule has 0 saturated carbocycles. The molecule has 1 aromatic rings. The zero-order valence-electron chi connectivity index (χ0n) is 13.6. The van der Waals surface area contributed by atoms with Gasteiger partial charge in [-0.15, -0.1) is 0 Å². The van der Waals surface area contributed by atoms with Gasteiger partial charge in [-0.2, -0.15) is 0 Å². The van der Waals surface area contributed by atoms with Crippen LogP contribution in [0.1, 0.15) is 38.3 Å². The minimum absolute atomic E-state index is 0.170. The summed E-state index contributed by atoms with van der Waals surface area (Å²) in [6.45, 7) is 9.05. The number of rotatable bonds is 4. The summed E-state index contributed by atoms with van der Waals surface area (Å²) in [7, 11) is 1.45. The molecular formula is C18H27NO2. The van der Waals surface area contributed by atoms with Crippen molar-refractivity contribution in [2.75, 3.05) is 13.7 Å². The van der Waals surface area contributed by atoms with Crippen LogP contribution in [0.5, 0.6) is 0 Å². The van der Waals surface area contributed by atoms with Crippen LogP contribution in [0.4, 0.5) is 0 Å². The second-order valence-corrected chi connectivity index (χ2v) is 6.51. The van der Waals surface area contributed by atoms with Gasteiger partial charge in [0, 0.05) is 19.1 Å². The number of hydrogen-bond acceptors (Lipinski definition) is 3. The molecule has 0 aliphatic carbocycles. The van der Waals surface area contributed by atoms with Gasteiger partial charge in [-0.25, -0.2) is 0 Å². The Morgan fingerprint density at radius 2 is 1.90 bits per heavy atom. The van der Waals surface area contributed by atoms with Crippen molar-refractivity contribution >= 4 is 5.97 Å². The Morgan fingerprint density at radius 1 is 1.24 bits per heavy atom. The van der Waals surface area contributed by atoms with Crippen LogP contribution in [0, 0.1) is 11.8 Å². The number of benzene rings is 1. The van der Waals surface area contributed by atoms with E-state index in [0.29, 0.717) is 12.5 Å². The molecule has 0 spiro atoms. The second-order valence-electron chi connectivity index (χ2n) is 6.51. The molecule has 1 fully saturated rings. The third-order valence-corrected chi connectivity index (χ3v) is 4.77. The first-order chi connectivity index (χ1) is 10.0. The van der Waals surface area contributed by atoms with Gasteiger partial charge < -0.3 is 4.74 Å². The van der Waals surface area contributed by atoms with Crippen molar-refractivity contribution < 1.29 is 9.53 Å². The molecule has 0 radical (unpaired) electrons. The Balaban J connectivity index is 2.13. The first-order valence-corrected chi connectivity index (χ1v) is 7.89. The summed E-state index contributed by atoms with van der Waals surface area (Å²) in [6, 6.07) is 8.81. The lowest BCUT2D eigenvalue weighted by atomic mass is 9.85. The van der Waals surface area contributed by atoms with Gasteiger partial charge in [0.2, 0.25) is 0 Å². The van der Waals surface area contributed by atoms with E-state index in [1.165, 1.54) is 19.1 Å². The molecule has 1 aliphatic heterocycles. The van der Waals surface area contributed by atoms with Crippen LogP contribution in [0.2, 0.25) is 0 Å². The molecule has 0 N–H and O–H groups in total. The molecule has 116 valence electrons. The van der Waals surface area contributed by atoms with E-state index < -0.39 is 0 Å². The molecule has 3 heteroatoms. The largest absolute Gasteiger partial charge is 0.469 e. The summed E-state index contributed by atoms with van der Waals surface area (Å²) < 4.78 is 4.80. The highest BCUT2D eigenvalue weighted by molar-refractivity contribution is 5.72. The van der Waals surface area contributed by atoms with Crippen LogP contribution in [-0.4, -0.2) is 30.6 Å². The molecule has 1 heterocycles. The van der Waals surface area contributed by atoms with Crippen molar-refractivity contribution in [1.29, 1.82) is 0 Å². The normalized spacial score (nSPS) is 26.6. The van der Waals surface area contributed by atoms with Crippen molar-refractivity contribution in [3.8, 4) is 0 Å². The van der Waals surface area contributed by atoms with E-state index in [1.807, 2.05) is 12.1 Å². The van der Waals surface area contributed by atoms with Crippen LogP contribution in [0.3, 0.4) is 0 Å². The Kier molecular flexibility index (Phi) is 5.40. The summed E-state index contributed by atoms with van der Waals surface area (Å²) in [4.78, 5) is 14.1. The van der Waals surface area contributed by atoms with Crippen molar-refractivity contribution in [2.45, 2.75) is 46.2 Å². The van der Waals surface area contributed by atoms with Gasteiger partial charge in [-0.05, 0) is 36.3 Å². The van der Waals surface area contributed by atoms with Gasteiger partial charge in [0.1, 0.15) is 0 Å². The fraction of sp³-hybridized carbons (Fsp3) is 0.611. The average molecular weight is 289 g/mol. The molecule has 3 atom stereocenters. The summed E-state index contributed by atoms with van der Waals surface area (Å²) in [5.41, 5.74) is 2.33. The third kappa shape index (κ3) is 4.07. The third-order valence-electron chi connectivity index (χ3n) is 4.77. The van der Waals surface area contributed by atoms with Gasteiger partial charge in [-0.3, -0.25) is 9.69 Å². The van der Waals surface area contributed by atoms with Crippen molar-refractivity contribution in [1.82, 2.24) is 4.90 Å². The highest BCUT2D eigenvalue weighted by atomic mass is 16.5. The standard InChI is InChI=1S/C18H27NO2/c1-13-9-14(2)15(3)19(11-13)12-17-8-6-5-7-16(17)10-18(20)21-4/h5-8,13-15H,9-12H2,1-4H3. The van der Waals surface area contributed by atoms with E-state index in [0.717, 1.165) is 30.5 Å². The Bertz CT molecular complexity index is 486. The van der Waals surface area contributed by atoms with Crippen LogP contribution in [0.15, 0.2) is 24.3 Å². The van der Waals surface area contributed by atoms with E-state index in [4.69, 9.17) is 4.74 Å². The van der Waals surface area contributed by atoms with E-state index in [2.05, 4.69) is 37.8 Å². The molecule has 0 aromatic heterocycles. The van der Waals surface area contributed by atoms with Gasteiger partial charge in [0.05, 0.1) is 13.5 Å². The number of carbonyl (C=O) groups is 1. The first-order valence-electron chi connectivity index (χ1n) is 7.89. The number of hydrogen-bond donors (Lipinski definition) is 0. The smallest absolute Gasteiger partial charge is 0.309 e. The topological polar surface area (TPSA) is 29.5 Å². The van der Waals surface area contributed by atoms with Crippen molar-refractivity contribution in [3.63, 3.8) is 0 Å². The zero-order valence-corrected chi connectivity index (χ0v) is 13.6. The Labute approximate surface area is 128 Å². The number of nitrogens with zero attached hydrogens (tertiary/aromatic N) is 1. The minimum atomic E-state index is -0.170. The number of piperidine rings is 1. The number of ether oxygens (including phenoxy) is 1. The number of methoxy groups -OCH3 is 1. The molecule has 1 saturated heterocycles. The molecule has 0 amide bonds. The van der Waals surface area contributed by atoms with Crippen molar-refractivity contribution in [2.24, 2.45) is 11.8 Å². The lowest BCUT2D eigenvalue weighted by molar-refractivity contribution is -0.139. The zero-order chi connectivity index (χ0) is 15.4. The maximum atomic E-state index is 11.6. The number of likely N-dealkylation sites (tertiary alicyclic amines) is 1. The van der Waals surface area contributed by atoms with Gasteiger partial charge in [0.25, 0.3) is 0 Å². The molecule has 2 rings (SSSR count). The summed E-state index contributed by atoms with van der Waals surface area (Å²) in [5.74, 6) is 1.29. The second kappa shape index (κ2) is 7.08. The van der Waals surface area contributed by atoms with E-state index >= 15 is 0 Å². The maximum Gasteiger partial charge on any atom is 0.309 e. The quantitative estimate of drug-likeness (QED) is 0.797. The molecule has 3 unspecified atom stereocenters. The summed E-state index contributed by atoms with van der Waals surface area (Å²) in [5, 5.41) is 0. The SMILES string of the molecule is COC(=O)Cc1ccccc1CN1CC(C)CC(C)C1C. The van der Waals surface area contributed by atoms with E-state index in [9.17, 15) is 4.79 Å². The summed E-state index contributed by atoms with van der Waals surface area (Å²) >= 11 is 0. The van der Waals surface area contributed by atoms with Crippen LogP contribution < -0.4 is 0 Å².